The minimum absolute atomic E-state index is 0.169. The van der Waals surface area contributed by atoms with E-state index in [0.717, 1.165) is 19.6 Å². The highest BCUT2D eigenvalue weighted by molar-refractivity contribution is 5.76. The fourth-order valence-corrected chi connectivity index (χ4v) is 2.15. The fraction of sp³-hybridized carbons (Fsp3) is 0.923. The molecule has 1 N–H and O–H groups in total. The van der Waals surface area contributed by atoms with Gasteiger partial charge >= 0.3 is 5.97 Å². The van der Waals surface area contributed by atoms with Crippen molar-refractivity contribution in [3.8, 4) is 0 Å². The molecule has 106 valence electrons. The van der Waals surface area contributed by atoms with Gasteiger partial charge in [-0.25, -0.2) is 0 Å². The van der Waals surface area contributed by atoms with Gasteiger partial charge in [-0.3, -0.25) is 9.69 Å². The van der Waals surface area contributed by atoms with E-state index in [9.17, 15) is 4.79 Å². The first-order valence-electron chi connectivity index (χ1n) is 6.75. The summed E-state index contributed by atoms with van der Waals surface area (Å²) < 4.78 is 10.5. The Bertz CT molecular complexity index is 253. The molecule has 1 rings (SSSR count). The molecular formula is C13H26N2O3. The van der Waals surface area contributed by atoms with E-state index < -0.39 is 0 Å². The zero-order valence-corrected chi connectivity index (χ0v) is 11.9. The van der Waals surface area contributed by atoms with Crippen LogP contribution in [0.5, 0.6) is 0 Å². The van der Waals surface area contributed by atoms with Gasteiger partial charge in [0.05, 0.1) is 13.2 Å². The first-order chi connectivity index (χ1) is 8.54. The number of rotatable bonds is 7. The number of nitrogens with one attached hydrogen (secondary N) is 1. The van der Waals surface area contributed by atoms with E-state index in [1.807, 2.05) is 27.8 Å². The van der Waals surface area contributed by atoms with Crippen molar-refractivity contribution in [1.82, 2.24) is 10.2 Å². The number of carbonyl (C=O) groups is 1. The summed E-state index contributed by atoms with van der Waals surface area (Å²) >= 11 is 0. The smallest absolute Gasteiger partial charge is 0.324 e. The maximum absolute atomic E-state index is 11.9. The van der Waals surface area contributed by atoms with Crippen molar-refractivity contribution in [2.45, 2.75) is 45.3 Å². The molecule has 2 atom stereocenters. The highest BCUT2D eigenvalue weighted by Gasteiger charge is 2.27. The average Bonchev–Trinajstić information content (AvgIpc) is 2.81. The van der Waals surface area contributed by atoms with Gasteiger partial charge in [-0.1, -0.05) is 13.8 Å². The van der Waals surface area contributed by atoms with Crippen LogP contribution in [0, 0.1) is 0 Å². The fourth-order valence-electron chi connectivity index (χ4n) is 2.15. The average molecular weight is 258 g/mol. The lowest BCUT2D eigenvalue weighted by atomic mass is 10.2. The topological polar surface area (TPSA) is 50.8 Å². The summed E-state index contributed by atoms with van der Waals surface area (Å²) in [5.41, 5.74) is 0. The molecule has 0 aromatic heterocycles. The maximum Gasteiger partial charge on any atom is 0.324 e. The molecule has 0 radical (unpaired) electrons. The summed E-state index contributed by atoms with van der Waals surface area (Å²) in [7, 11) is 2.04. The summed E-state index contributed by atoms with van der Waals surface area (Å²) in [5.74, 6) is -0.169. The lowest BCUT2D eigenvalue weighted by molar-refractivity contribution is -0.146. The van der Waals surface area contributed by atoms with Gasteiger partial charge in [-0.2, -0.15) is 0 Å². The van der Waals surface area contributed by atoms with Gasteiger partial charge in [-0.15, -0.1) is 0 Å². The molecule has 1 aliphatic heterocycles. The van der Waals surface area contributed by atoms with Crippen molar-refractivity contribution < 1.29 is 14.3 Å². The van der Waals surface area contributed by atoms with Crippen LogP contribution < -0.4 is 5.32 Å². The largest absolute Gasteiger partial charge is 0.465 e. The van der Waals surface area contributed by atoms with Gasteiger partial charge in [-0.05, 0) is 20.4 Å². The Kier molecular flexibility index (Phi) is 6.60. The van der Waals surface area contributed by atoms with Crippen LogP contribution >= 0.6 is 0 Å². The van der Waals surface area contributed by atoms with Crippen LogP contribution in [0.25, 0.3) is 0 Å². The molecule has 1 aliphatic rings. The second-order valence-corrected chi connectivity index (χ2v) is 5.08. The molecule has 1 fully saturated rings. The van der Waals surface area contributed by atoms with E-state index in [1.54, 1.807) is 0 Å². The van der Waals surface area contributed by atoms with Crippen molar-refractivity contribution in [3.63, 3.8) is 0 Å². The Balaban J connectivity index is 2.50. The number of carbonyl (C=O) groups excluding carboxylic acids is 1. The Labute approximate surface area is 110 Å². The molecule has 0 spiro atoms. The molecule has 1 saturated heterocycles. The van der Waals surface area contributed by atoms with Gasteiger partial charge in [0.2, 0.25) is 0 Å². The molecular weight excluding hydrogens is 232 g/mol. The molecule has 5 heteroatoms. The molecule has 0 saturated carbocycles. The van der Waals surface area contributed by atoms with Crippen LogP contribution in [-0.2, 0) is 14.3 Å². The first-order valence-corrected chi connectivity index (χ1v) is 6.75. The normalized spacial score (nSPS) is 21.6. The molecule has 1 heterocycles. The van der Waals surface area contributed by atoms with Crippen molar-refractivity contribution >= 4 is 5.97 Å². The number of ether oxygens (including phenoxy) is 2. The Hall–Kier alpha value is -0.650. The summed E-state index contributed by atoms with van der Waals surface area (Å²) in [6.07, 6.45) is 1.04. The van der Waals surface area contributed by atoms with E-state index in [1.165, 1.54) is 0 Å². The molecule has 0 amide bonds. The van der Waals surface area contributed by atoms with Crippen LogP contribution in [0.1, 0.15) is 27.2 Å². The summed E-state index contributed by atoms with van der Waals surface area (Å²) in [6.45, 7) is 8.55. The number of esters is 1. The van der Waals surface area contributed by atoms with Crippen LogP contribution in [0.3, 0.4) is 0 Å². The van der Waals surface area contributed by atoms with Crippen molar-refractivity contribution in [3.05, 3.63) is 0 Å². The molecule has 0 aromatic rings. The monoisotopic (exact) mass is 258 g/mol. The van der Waals surface area contributed by atoms with E-state index >= 15 is 0 Å². The zero-order chi connectivity index (χ0) is 13.5. The summed E-state index contributed by atoms with van der Waals surface area (Å²) in [5, 5.41) is 3.26. The van der Waals surface area contributed by atoms with E-state index in [-0.39, 0.29) is 18.1 Å². The highest BCUT2D eigenvalue weighted by atomic mass is 16.5. The second kappa shape index (κ2) is 7.71. The maximum atomic E-state index is 11.9. The van der Waals surface area contributed by atoms with Gasteiger partial charge in [0.15, 0.2) is 0 Å². The summed E-state index contributed by atoms with van der Waals surface area (Å²) in [4.78, 5) is 14.1. The highest BCUT2D eigenvalue weighted by Crippen LogP contribution is 2.11. The summed E-state index contributed by atoms with van der Waals surface area (Å²) in [6, 6.07) is 0.402. The minimum atomic E-state index is -0.268. The number of hydrogen-bond donors (Lipinski definition) is 1. The van der Waals surface area contributed by atoms with Gasteiger partial charge < -0.3 is 14.8 Å². The number of likely N-dealkylation sites (N-methyl/N-ethyl adjacent to an activating group) is 1. The minimum Gasteiger partial charge on any atom is -0.465 e. The molecule has 18 heavy (non-hydrogen) atoms. The molecule has 2 unspecified atom stereocenters. The van der Waals surface area contributed by atoms with Crippen molar-refractivity contribution in [2.75, 3.05) is 33.4 Å². The van der Waals surface area contributed by atoms with Crippen LogP contribution in [-0.4, -0.2) is 62.4 Å². The third-order valence-electron chi connectivity index (χ3n) is 3.11. The van der Waals surface area contributed by atoms with Gasteiger partial charge in [0.1, 0.15) is 6.04 Å². The third kappa shape index (κ3) is 4.92. The first kappa shape index (κ1) is 15.4. The van der Waals surface area contributed by atoms with E-state index in [0.29, 0.717) is 19.2 Å². The Morgan fingerprint density at radius 3 is 2.78 bits per heavy atom. The van der Waals surface area contributed by atoms with Crippen molar-refractivity contribution in [1.29, 1.82) is 0 Å². The Morgan fingerprint density at radius 1 is 1.56 bits per heavy atom. The van der Waals surface area contributed by atoms with Crippen molar-refractivity contribution in [2.24, 2.45) is 0 Å². The SMILES string of the molecule is CCOC(=O)C(CN(C)C1CCOC1)NC(C)C. The van der Waals surface area contributed by atoms with E-state index in [4.69, 9.17) is 9.47 Å². The molecule has 5 nitrogen and oxygen atoms in total. The van der Waals surface area contributed by atoms with E-state index in [2.05, 4.69) is 10.2 Å². The molecule has 0 bridgehead atoms. The lowest BCUT2D eigenvalue weighted by Crippen LogP contribution is -2.50. The number of hydrogen-bond acceptors (Lipinski definition) is 5. The predicted octanol–water partition coefficient (Wildman–Crippen LogP) is 0.637. The van der Waals surface area contributed by atoms with Crippen LogP contribution in [0.2, 0.25) is 0 Å². The lowest BCUT2D eigenvalue weighted by Gasteiger charge is -2.28. The number of nitrogens with zero attached hydrogens (tertiary/aromatic N) is 1. The van der Waals surface area contributed by atoms with Crippen LogP contribution in [0.4, 0.5) is 0 Å². The third-order valence-corrected chi connectivity index (χ3v) is 3.11. The standard InChI is InChI=1S/C13H26N2O3/c1-5-18-13(16)12(14-10(2)3)8-15(4)11-6-7-17-9-11/h10-12,14H,5-9H2,1-4H3. The molecule has 0 aliphatic carbocycles. The van der Waals surface area contributed by atoms with Gasteiger partial charge in [0, 0.05) is 25.2 Å². The second-order valence-electron chi connectivity index (χ2n) is 5.08. The zero-order valence-electron chi connectivity index (χ0n) is 11.9. The predicted molar refractivity (Wildman–Crippen MR) is 70.5 cm³/mol. The molecule has 0 aromatic carbocycles. The quantitative estimate of drug-likeness (QED) is 0.679. The Morgan fingerprint density at radius 2 is 2.28 bits per heavy atom. The van der Waals surface area contributed by atoms with Crippen LogP contribution in [0.15, 0.2) is 0 Å². The van der Waals surface area contributed by atoms with Gasteiger partial charge in [0.25, 0.3) is 0 Å².